The van der Waals surface area contributed by atoms with Gasteiger partial charge in [-0.2, -0.15) is 0 Å². The molecule has 3 heterocycles. The number of anilines is 1. The monoisotopic (exact) mass is 349 g/mol. The Morgan fingerprint density at radius 2 is 2.09 bits per heavy atom. The fraction of sp³-hybridized carbons (Fsp3) is 0.471. The molecule has 2 aromatic rings. The van der Waals surface area contributed by atoms with E-state index in [1.807, 2.05) is 29.4 Å². The molecule has 0 bridgehead atoms. The van der Waals surface area contributed by atoms with Gasteiger partial charge < -0.3 is 10.2 Å². The Kier molecular flexibility index (Phi) is 4.55. The molecule has 0 radical (unpaired) electrons. The number of thiazole rings is 1. The average molecular weight is 350 g/mol. The van der Waals surface area contributed by atoms with Crippen molar-refractivity contribution in [2.45, 2.75) is 36.2 Å². The van der Waals surface area contributed by atoms with Gasteiger partial charge in [-0.15, -0.1) is 23.1 Å². The molecule has 0 amide bonds. The molecule has 2 aliphatic heterocycles. The second-order valence-corrected chi connectivity index (χ2v) is 8.12. The summed E-state index contributed by atoms with van der Waals surface area (Å²) in [5.41, 5.74) is 1.14. The van der Waals surface area contributed by atoms with Gasteiger partial charge in [0.1, 0.15) is 5.82 Å². The Bertz CT molecular complexity index is 654. The van der Waals surface area contributed by atoms with Crippen LogP contribution < -0.4 is 10.2 Å². The van der Waals surface area contributed by atoms with E-state index in [0.29, 0.717) is 12.1 Å². The molecule has 2 aliphatic rings. The first kappa shape index (κ1) is 15.4. The number of aromatic nitrogens is 1. The molecular formula is C17H20FN3S2. The van der Waals surface area contributed by atoms with E-state index in [-0.39, 0.29) is 5.82 Å². The second kappa shape index (κ2) is 6.79. The van der Waals surface area contributed by atoms with Crippen LogP contribution in [0.25, 0.3) is 0 Å². The summed E-state index contributed by atoms with van der Waals surface area (Å²) in [5, 5.41) is 6.95. The lowest BCUT2D eigenvalue weighted by atomic mass is 9.99. The van der Waals surface area contributed by atoms with Gasteiger partial charge in [-0.3, -0.25) is 0 Å². The van der Waals surface area contributed by atoms with Gasteiger partial charge in [0.25, 0.3) is 0 Å². The van der Waals surface area contributed by atoms with Crippen LogP contribution in [-0.2, 0) is 0 Å². The summed E-state index contributed by atoms with van der Waals surface area (Å²) in [7, 11) is 0. The first-order chi connectivity index (χ1) is 11.3. The van der Waals surface area contributed by atoms with Gasteiger partial charge >= 0.3 is 0 Å². The van der Waals surface area contributed by atoms with Crippen LogP contribution in [0.1, 0.15) is 30.9 Å². The lowest BCUT2D eigenvalue weighted by Gasteiger charge is -2.36. The van der Waals surface area contributed by atoms with Gasteiger partial charge in [0.15, 0.2) is 5.13 Å². The molecule has 1 aromatic carbocycles. The maximum Gasteiger partial charge on any atom is 0.185 e. The van der Waals surface area contributed by atoms with E-state index < -0.39 is 0 Å². The molecule has 6 heteroatoms. The summed E-state index contributed by atoms with van der Waals surface area (Å²) in [6.45, 7) is 2.09. The van der Waals surface area contributed by atoms with Crippen molar-refractivity contribution >= 4 is 28.2 Å². The minimum absolute atomic E-state index is 0.128. The lowest BCUT2D eigenvalue weighted by molar-refractivity contribution is 0.360. The van der Waals surface area contributed by atoms with Gasteiger partial charge in [0.2, 0.25) is 0 Å². The number of rotatable bonds is 3. The first-order valence-electron chi connectivity index (χ1n) is 8.12. The predicted octanol–water partition coefficient (Wildman–Crippen LogP) is 4.08. The molecule has 3 nitrogen and oxygen atoms in total. The van der Waals surface area contributed by atoms with E-state index in [0.717, 1.165) is 48.8 Å². The van der Waals surface area contributed by atoms with Gasteiger partial charge in [-0.1, -0.05) is 0 Å². The van der Waals surface area contributed by atoms with Crippen molar-refractivity contribution in [3.05, 3.63) is 41.2 Å². The Hall–Kier alpha value is -1.11. The molecule has 1 N–H and O–H groups in total. The number of hydrogen-bond donors (Lipinski definition) is 1. The molecular weight excluding hydrogens is 329 g/mol. The SMILES string of the molecule is Fc1ccc2c(c1)[C@H](NC1CCN(c3nccs3)CC1)CCS2. The van der Waals surface area contributed by atoms with Gasteiger partial charge in [-0.05, 0) is 48.8 Å². The number of halogens is 1. The van der Waals surface area contributed by atoms with Crippen molar-refractivity contribution in [2.24, 2.45) is 0 Å². The van der Waals surface area contributed by atoms with E-state index in [4.69, 9.17) is 0 Å². The second-order valence-electron chi connectivity index (χ2n) is 6.11. The highest BCUT2D eigenvalue weighted by atomic mass is 32.2. The molecule has 0 unspecified atom stereocenters. The van der Waals surface area contributed by atoms with Crippen molar-refractivity contribution in [1.82, 2.24) is 10.3 Å². The minimum atomic E-state index is -0.128. The number of thioether (sulfide) groups is 1. The summed E-state index contributed by atoms with van der Waals surface area (Å²) >= 11 is 3.55. The Labute approximate surface area is 144 Å². The van der Waals surface area contributed by atoms with Crippen LogP contribution in [0.5, 0.6) is 0 Å². The van der Waals surface area contributed by atoms with Crippen LogP contribution in [0.4, 0.5) is 9.52 Å². The Morgan fingerprint density at radius 3 is 2.87 bits per heavy atom. The van der Waals surface area contributed by atoms with Crippen molar-refractivity contribution in [3.8, 4) is 0 Å². The zero-order valence-electron chi connectivity index (χ0n) is 12.9. The quantitative estimate of drug-likeness (QED) is 0.904. The normalized spacial score (nSPS) is 22.1. The van der Waals surface area contributed by atoms with E-state index in [1.54, 1.807) is 23.5 Å². The average Bonchev–Trinajstić information content (AvgIpc) is 3.11. The number of hydrogen-bond acceptors (Lipinski definition) is 5. The molecule has 0 saturated carbocycles. The number of nitrogens with zero attached hydrogens (tertiary/aromatic N) is 2. The molecule has 1 saturated heterocycles. The fourth-order valence-electron chi connectivity index (χ4n) is 3.43. The third-order valence-electron chi connectivity index (χ3n) is 4.63. The standard InChI is InChI=1S/C17H20FN3S2/c18-12-1-2-16-14(11-12)15(5-9-22-16)20-13-3-7-21(8-4-13)17-19-6-10-23-17/h1-2,6,10-11,13,15,20H,3-5,7-9H2/t15-/m1/s1. The largest absolute Gasteiger partial charge is 0.348 e. The van der Waals surface area contributed by atoms with Crippen molar-refractivity contribution in [3.63, 3.8) is 0 Å². The maximum absolute atomic E-state index is 13.6. The van der Waals surface area contributed by atoms with E-state index in [1.165, 1.54) is 4.90 Å². The van der Waals surface area contributed by atoms with Gasteiger partial charge in [0, 0.05) is 41.6 Å². The molecule has 0 aliphatic carbocycles. The van der Waals surface area contributed by atoms with E-state index in [2.05, 4.69) is 15.2 Å². The van der Waals surface area contributed by atoms with Crippen LogP contribution in [0.2, 0.25) is 0 Å². The molecule has 1 atom stereocenters. The maximum atomic E-state index is 13.6. The highest BCUT2D eigenvalue weighted by molar-refractivity contribution is 7.99. The third kappa shape index (κ3) is 3.39. The minimum Gasteiger partial charge on any atom is -0.348 e. The summed E-state index contributed by atoms with van der Waals surface area (Å²) in [6, 6.07) is 6.01. The summed E-state index contributed by atoms with van der Waals surface area (Å²) < 4.78 is 13.6. The van der Waals surface area contributed by atoms with Crippen LogP contribution in [0, 0.1) is 5.82 Å². The Balaban J connectivity index is 1.40. The summed E-state index contributed by atoms with van der Waals surface area (Å²) in [6.07, 6.45) is 5.19. The van der Waals surface area contributed by atoms with Crippen LogP contribution >= 0.6 is 23.1 Å². The van der Waals surface area contributed by atoms with Crippen molar-refractivity contribution in [1.29, 1.82) is 0 Å². The van der Waals surface area contributed by atoms with Crippen LogP contribution in [0.15, 0.2) is 34.7 Å². The summed E-state index contributed by atoms with van der Waals surface area (Å²) in [4.78, 5) is 8.00. The number of benzene rings is 1. The zero-order valence-corrected chi connectivity index (χ0v) is 14.5. The number of nitrogens with one attached hydrogen (secondary N) is 1. The van der Waals surface area contributed by atoms with Crippen LogP contribution in [0.3, 0.4) is 0 Å². The molecule has 0 spiro atoms. The van der Waals surface area contributed by atoms with E-state index in [9.17, 15) is 4.39 Å². The van der Waals surface area contributed by atoms with Crippen LogP contribution in [-0.4, -0.2) is 29.9 Å². The van der Waals surface area contributed by atoms with Crippen molar-refractivity contribution < 1.29 is 4.39 Å². The smallest absolute Gasteiger partial charge is 0.185 e. The molecule has 1 fully saturated rings. The number of fused-ring (bicyclic) bond motifs is 1. The molecule has 23 heavy (non-hydrogen) atoms. The number of piperidine rings is 1. The topological polar surface area (TPSA) is 28.2 Å². The predicted molar refractivity (Wildman–Crippen MR) is 95.0 cm³/mol. The Morgan fingerprint density at radius 1 is 1.22 bits per heavy atom. The molecule has 122 valence electrons. The zero-order chi connectivity index (χ0) is 15.6. The van der Waals surface area contributed by atoms with Gasteiger partial charge in [0.05, 0.1) is 0 Å². The lowest BCUT2D eigenvalue weighted by Crippen LogP contribution is -2.44. The first-order valence-corrected chi connectivity index (χ1v) is 9.99. The summed E-state index contributed by atoms with van der Waals surface area (Å²) in [5.74, 6) is 0.977. The fourth-order valence-corrected chi connectivity index (χ4v) is 5.23. The van der Waals surface area contributed by atoms with Gasteiger partial charge in [-0.25, -0.2) is 9.37 Å². The van der Waals surface area contributed by atoms with E-state index >= 15 is 0 Å². The third-order valence-corrected chi connectivity index (χ3v) is 6.59. The highest BCUT2D eigenvalue weighted by Gasteiger charge is 2.26. The molecule has 4 rings (SSSR count). The highest BCUT2D eigenvalue weighted by Crippen LogP contribution is 2.37. The molecule has 1 aromatic heterocycles. The van der Waals surface area contributed by atoms with Crippen molar-refractivity contribution in [2.75, 3.05) is 23.7 Å².